The van der Waals surface area contributed by atoms with Crippen LogP contribution < -0.4 is 4.90 Å². The van der Waals surface area contributed by atoms with Crippen molar-refractivity contribution in [1.29, 1.82) is 0 Å². The first-order valence-electron chi connectivity index (χ1n) is 8.26. The summed E-state index contributed by atoms with van der Waals surface area (Å²) in [6.07, 6.45) is -1.37. The topological polar surface area (TPSA) is 42.7 Å². The number of aromatic nitrogens is 3. The van der Waals surface area contributed by atoms with Gasteiger partial charge < -0.3 is 9.64 Å². The maximum Gasteiger partial charge on any atom is 0.416 e. The molecule has 0 radical (unpaired) electrons. The van der Waals surface area contributed by atoms with Crippen molar-refractivity contribution >= 4 is 11.3 Å². The normalized spacial score (nSPS) is 18.5. The molecule has 8 heteroatoms. The van der Waals surface area contributed by atoms with Crippen molar-refractivity contribution in [2.45, 2.75) is 19.2 Å². The highest BCUT2D eigenvalue weighted by Crippen LogP contribution is 2.33. The average Bonchev–Trinajstić information content (AvgIpc) is 3.01. The molecule has 0 N–H and O–H groups in total. The monoisotopic (exact) mass is 362 g/mol. The maximum atomic E-state index is 13.0. The third-order valence-corrected chi connectivity index (χ3v) is 4.44. The lowest BCUT2D eigenvalue weighted by atomic mass is 10.0. The lowest BCUT2D eigenvalue weighted by Crippen LogP contribution is -2.39. The first-order chi connectivity index (χ1) is 12.4. The molecule has 4 rings (SSSR count). The number of halogens is 3. The first-order valence-corrected chi connectivity index (χ1v) is 8.26. The molecule has 1 aliphatic heterocycles. The number of fused-ring (bicyclic) bond motifs is 1. The van der Waals surface area contributed by atoms with Crippen LogP contribution in [0, 0.1) is 6.92 Å². The van der Waals surface area contributed by atoms with E-state index in [9.17, 15) is 13.2 Å². The molecule has 1 fully saturated rings. The Bertz CT molecular complexity index is 938. The molecule has 0 amide bonds. The van der Waals surface area contributed by atoms with E-state index in [0.717, 1.165) is 29.2 Å². The summed E-state index contributed by atoms with van der Waals surface area (Å²) >= 11 is 0. The highest BCUT2D eigenvalue weighted by atomic mass is 19.4. The van der Waals surface area contributed by atoms with Gasteiger partial charge in [-0.15, -0.1) is 0 Å². The van der Waals surface area contributed by atoms with Crippen LogP contribution in [0.3, 0.4) is 0 Å². The number of hydrogen-bond donors (Lipinski definition) is 0. The Labute approximate surface area is 148 Å². The van der Waals surface area contributed by atoms with Crippen LogP contribution in [0.1, 0.15) is 22.9 Å². The van der Waals surface area contributed by atoms with Gasteiger partial charge in [0, 0.05) is 25.5 Å². The smallest absolute Gasteiger partial charge is 0.370 e. The molecule has 3 aromatic rings. The second-order valence-electron chi connectivity index (χ2n) is 6.30. The molecule has 136 valence electrons. The summed E-state index contributed by atoms with van der Waals surface area (Å²) in [5.41, 5.74) is 1.60. The minimum Gasteiger partial charge on any atom is -0.370 e. The zero-order chi connectivity index (χ0) is 18.3. The van der Waals surface area contributed by atoms with Gasteiger partial charge in [0.25, 0.3) is 0 Å². The van der Waals surface area contributed by atoms with Crippen LogP contribution in [-0.4, -0.2) is 34.3 Å². The lowest BCUT2D eigenvalue weighted by Gasteiger charge is -2.34. The quantitative estimate of drug-likeness (QED) is 0.698. The molecular formula is C18H17F3N4O. The number of morpholine rings is 1. The van der Waals surface area contributed by atoms with Crippen LogP contribution in [0.5, 0.6) is 0 Å². The summed E-state index contributed by atoms with van der Waals surface area (Å²) in [5, 5.41) is 4.38. The van der Waals surface area contributed by atoms with Crippen molar-refractivity contribution in [2.24, 2.45) is 0 Å². The number of anilines is 1. The van der Waals surface area contributed by atoms with E-state index in [2.05, 4.69) is 10.1 Å². The number of rotatable bonds is 2. The lowest BCUT2D eigenvalue weighted by molar-refractivity contribution is -0.137. The Kier molecular flexibility index (Phi) is 4.07. The second kappa shape index (κ2) is 6.28. The molecule has 0 spiro atoms. The van der Waals surface area contributed by atoms with Crippen LogP contribution >= 0.6 is 0 Å². The minimum atomic E-state index is -4.37. The molecule has 1 atom stereocenters. The van der Waals surface area contributed by atoms with Gasteiger partial charge in [-0.2, -0.15) is 18.3 Å². The zero-order valence-electron chi connectivity index (χ0n) is 14.1. The molecule has 1 aliphatic rings. The molecular weight excluding hydrogens is 345 g/mol. The Morgan fingerprint density at radius 1 is 1.23 bits per heavy atom. The van der Waals surface area contributed by atoms with E-state index in [-0.39, 0.29) is 0 Å². The number of hydrogen-bond acceptors (Lipinski definition) is 4. The standard InChI is InChI=1S/C18H17F3N4O/c1-12-9-15-17(22-5-6-25(15)23-12)24-7-8-26-16(11-24)13-3-2-4-14(10-13)18(19,20)21/h2-6,9-10,16H,7-8,11H2,1H3. The molecule has 26 heavy (non-hydrogen) atoms. The predicted molar refractivity (Wildman–Crippen MR) is 90.1 cm³/mol. The van der Waals surface area contributed by atoms with E-state index in [1.165, 1.54) is 6.07 Å². The molecule has 0 bridgehead atoms. The maximum absolute atomic E-state index is 13.0. The van der Waals surface area contributed by atoms with Crippen molar-refractivity contribution in [3.8, 4) is 0 Å². The predicted octanol–water partition coefficient (Wildman–Crippen LogP) is 3.63. The molecule has 2 aromatic heterocycles. The van der Waals surface area contributed by atoms with Gasteiger partial charge in [-0.25, -0.2) is 9.50 Å². The highest BCUT2D eigenvalue weighted by molar-refractivity contribution is 5.69. The van der Waals surface area contributed by atoms with Gasteiger partial charge in [-0.3, -0.25) is 0 Å². The Morgan fingerprint density at radius 2 is 2.08 bits per heavy atom. The van der Waals surface area contributed by atoms with Crippen molar-refractivity contribution in [2.75, 3.05) is 24.6 Å². The summed E-state index contributed by atoms with van der Waals surface area (Å²) in [6.45, 7) is 3.36. The van der Waals surface area contributed by atoms with E-state index in [1.807, 2.05) is 17.9 Å². The van der Waals surface area contributed by atoms with E-state index < -0.39 is 17.8 Å². The summed E-state index contributed by atoms with van der Waals surface area (Å²) in [4.78, 5) is 6.49. The fraction of sp³-hybridized carbons (Fsp3) is 0.333. The van der Waals surface area contributed by atoms with Crippen LogP contribution in [0.15, 0.2) is 42.7 Å². The van der Waals surface area contributed by atoms with Crippen LogP contribution in [0.2, 0.25) is 0 Å². The Balaban J connectivity index is 1.64. The van der Waals surface area contributed by atoms with Crippen molar-refractivity contribution in [3.05, 3.63) is 59.5 Å². The number of nitrogens with zero attached hydrogens (tertiary/aromatic N) is 4. The Morgan fingerprint density at radius 3 is 2.88 bits per heavy atom. The van der Waals surface area contributed by atoms with E-state index in [0.29, 0.717) is 25.3 Å². The van der Waals surface area contributed by atoms with Crippen LogP contribution in [0.25, 0.3) is 5.52 Å². The second-order valence-corrected chi connectivity index (χ2v) is 6.30. The van der Waals surface area contributed by atoms with Crippen LogP contribution in [-0.2, 0) is 10.9 Å². The average molecular weight is 362 g/mol. The SMILES string of the molecule is Cc1cc2c(N3CCOC(c4cccc(C(F)(F)F)c4)C3)nccn2n1. The third-order valence-electron chi connectivity index (χ3n) is 4.44. The van der Waals surface area contributed by atoms with E-state index in [4.69, 9.17) is 4.74 Å². The number of ether oxygens (including phenoxy) is 1. The molecule has 5 nitrogen and oxygen atoms in total. The molecule has 3 heterocycles. The number of aryl methyl sites for hydroxylation is 1. The zero-order valence-corrected chi connectivity index (χ0v) is 14.1. The third kappa shape index (κ3) is 3.12. The van der Waals surface area contributed by atoms with E-state index >= 15 is 0 Å². The fourth-order valence-electron chi connectivity index (χ4n) is 3.23. The van der Waals surface area contributed by atoms with Gasteiger partial charge in [-0.1, -0.05) is 12.1 Å². The summed E-state index contributed by atoms with van der Waals surface area (Å²) in [5.74, 6) is 0.758. The van der Waals surface area contributed by atoms with Gasteiger partial charge in [0.15, 0.2) is 5.82 Å². The van der Waals surface area contributed by atoms with Gasteiger partial charge in [0.05, 0.1) is 17.9 Å². The van der Waals surface area contributed by atoms with Gasteiger partial charge in [0.2, 0.25) is 0 Å². The Hall–Kier alpha value is -2.61. The summed E-state index contributed by atoms with van der Waals surface area (Å²) in [7, 11) is 0. The van der Waals surface area contributed by atoms with Crippen LogP contribution in [0.4, 0.5) is 19.0 Å². The molecule has 1 aromatic carbocycles. The van der Waals surface area contributed by atoms with Crippen molar-refractivity contribution < 1.29 is 17.9 Å². The minimum absolute atomic E-state index is 0.413. The summed E-state index contributed by atoms with van der Waals surface area (Å²) < 4.78 is 46.4. The van der Waals surface area contributed by atoms with E-state index in [1.54, 1.807) is 23.0 Å². The van der Waals surface area contributed by atoms with Crippen molar-refractivity contribution in [1.82, 2.24) is 14.6 Å². The number of alkyl halides is 3. The highest BCUT2D eigenvalue weighted by Gasteiger charge is 2.32. The van der Waals surface area contributed by atoms with Gasteiger partial charge in [-0.05, 0) is 30.7 Å². The molecule has 1 unspecified atom stereocenters. The number of benzene rings is 1. The molecule has 1 saturated heterocycles. The fourth-order valence-corrected chi connectivity index (χ4v) is 3.23. The van der Waals surface area contributed by atoms with Gasteiger partial charge >= 0.3 is 6.18 Å². The first kappa shape index (κ1) is 16.8. The largest absolute Gasteiger partial charge is 0.416 e. The summed E-state index contributed by atoms with van der Waals surface area (Å²) in [6, 6.07) is 7.25. The molecule has 0 aliphatic carbocycles. The molecule has 0 saturated carbocycles. The van der Waals surface area contributed by atoms with Gasteiger partial charge in [0.1, 0.15) is 11.6 Å². The van der Waals surface area contributed by atoms with Crippen molar-refractivity contribution in [3.63, 3.8) is 0 Å².